The van der Waals surface area contributed by atoms with Gasteiger partial charge in [0.05, 0.1) is 11.2 Å². The predicted molar refractivity (Wildman–Crippen MR) is 125 cm³/mol. The van der Waals surface area contributed by atoms with Crippen LogP contribution in [0.1, 0.15) is 33.9 Å². The number of phenols is 3. The summed E-state index contributed by atoms with van der Waals surface area (Å²) in [4.78, 5) is 4.63. The molecule has 6 rings (SSSR count). The molecule has 0 saturated heterocycles. The molecule has 0 bridgehead atoms. The fourth-order valence-corrected chi connectivity index (χ4v) is 5.01. The Labute approximate surface area is 189 Å². The Bertz CT molecular complexity index is 1460. The van der Waals surface area contributed by atoms with Crippen LogP contribution in [-0.2, 0) is 6.42 Å². The van der Waals surface area contributed by atoms with Gasteiger partial charge in [-0.2, -0.15) is 0 Å². The highest BCUT2D eigenvalue weighted by Crippen LogP contribution is 2.53. The molecule has 6 nitrogen and oxygen atoms in total. The third-order valence-electron chi connectivity index (χ3n) is 6.58. The molecule has 2 atom stereocenters. The molecule has 1 aromatic heterocycles. The molecule has 164 valence electrons. The number of aromatic hydroxyl groups is 3. The lowest BCUT2D eigenvalue weighted by atomic mass is 9.80. The van der Waals surface area contributed by atoms with E-state index in [1.165, 1.54) is 12.1 Å². The van der Waals surface area contributed by atoms with Crippen molar-refractivity contribution in [2.24, 2.45) is 0 Å². The lowest BCUT2D eigenvalue weighted by Crippen LogP contribution is -2.43. The second kappa shape index (κ2) is 6.98. The zero-order valence-corrected chi connectivity index (χ0v) is 17.6. The molecule has 0 amide bonds. The van der Waals surface area contributed by atoms with Crippen molar-refractivity contribution in [3.8, 4) is 23.0 Å². The second-order valence-electron chi connectivity index (χ2n) is 8.75. The summed E-state index contributed by atoms with van der Waals surface area (Å²) in [7, 11) is 0. The number of rotatable bonds is 2. The van der Waals surface area contributed by atoms with Gasteiger partial charge in [0.15, 0.2) is 11.5 Å². The Morgan fingerprint density at radius 3 is 2.58 bits per heavy atom. The predicted octanol–water partition coefficient (Wildman–Crippen LogP) is 4.33. The molecule has 0 saturated carbocycles. The molecule has 4 N–H and O–H groups in total. The van der Waals surface area contributed by atoms with Gasteiger partial charge in [-0.15, -0.1) is 0 Å². The van der Waals surface area contributed by atoms with Crippen molar-refractivity contribution in [2.75, 3.05) is 6.61 Å². The van der Waals surface area contributed by atoms with Crippen LogP contribution in [-0.4, -0.2) is 37.6 Å². The molecule has 2 aliphatic rings. The van der Waals surface area contributed by atoms with Gasteiger partial charge in [-0.05, 0) is 53.6 Å². The Morgan fingerprint density at radius 2 is 1.70 bits per heavy atom. The van der Waals surface area contributed by atoms with E-state index in [1.807, 2.05) is 42.5 Å². The highest BCUT2D eigenvalue weighted by Gasteiger charge is 2.50. The standard InChI is InChI=1S/C27H21NO5/c29-22-12-25-20(9-16(22)6-8-18-7-5-15-3-1-2-4-21(15)28-18)26-19-11-24(31)23(30)10-17(19)13-27(26,32)14-33-25/h1-12,26,29-32H,13-14H2/b8-6+/t26-,27-/m1/s1. The summed E-state index contributed by atoms with van der Waals surface area (Å²) in [5, 5.41) is 43.0. The Balaban J connectivity index is 1.42. The lowest BCUT2D eigenvalue weighted by Gasteiger charge is -2.36. The number of hydrogen-bond donors (Lipinski definition) is 4. The third kappa shape index (κ3) is 3.10. The van der Waals surface area contributed by atoms with Crippen LogP contribution in [0.2, 0.25) is 0 Å². The van der Waals surface area contributed by atoms with Gasteiger partial charge in [-0.25, -0.2) is 4.98 Å². The number of hydrogen-bond acceptors (Lipinski definition) is 6. The minimum atomic E-state index is -1.20. The van der Waals surface area contributed by atoms with Crippen molar-refractivity contribution in [1.29, 1.82) is 0 Å². The van der Waals surface area contributed by atoms with Crippen molar-refractivity contribution in [3.05, 3.63) is 88.6 Å². The zero-order valence-electron chi connectivity index (χ0n) is 17.6. The quantitative estimate of drug-likeness (QED) is 0.347. The van der Waals surface area contributed by atoms with Gasteiger partial charge in [0.1, 0.15) is 23.7 Å². The lowest BCUT2D eigenvalue weighted by molar-refractivity contribution is -0.0219. The molecule has 0 fully saturated rings. The number of pyridine rings is 1. The van der Waals surface area contributed by atoms with Crippen molar-refractivity contribution in [2.45, 2.75) is 17.9 Å². The number of para-hydroxylation sites is 1. The molecule has 1 aliphatic heterocycles. The van der Waals surface area contributed by atoms with E-state index in [0.717, 1.165) is 33.3 Å². The maximum atomic E-state index is 11.4. The van der Waals surface area contributed by atoms with Crippen LogP contribution in [0.25, 0.3) is 23.1 Å². The Hall–Kier alpha value is -4.03. The summed E-state index contributed by atoms with van der Waals surface area (Å²) in [5.74, 6) is -0.345. The van der Waals surface area contributed by atoms with E-state index < -0.39 is 11.5 Å². The molecule has 0 radical (unpaired) electrons. The monoisotopic (exact) mass is 439 g/mol. The molecule has 6 heteroatoms. The number of aromatic nitrogens is 1. The fourth-order valence-electron chi connectivity index (χ4n) is 5.01. The van der Waals surface area contributed by atoms with Crippen molar-refractivity contribution in [1.82, 2.24) is 4.98 Å². The van der Waals surface area contributed by atoms with E-state index >= 15 is 0 Å². The molecule has 0 unspecified atom stereocenters. The first-order valence-corrected chi connectivity index (χ1v) is 10.7. The number of nitrogens with zero attached hydrogens (tertiary/aromatic N) is 1. The first-order valence-electron chi connectivity index (χ1n) is 10.7. The maximum Gasteiger partial charge on any atom is 0.157 e. The number of phenolic OH excluding ortho intramolecular Hbond substituents is 3. The van der Waals surface area contributed by atoms with Crippen molar-refractivity contribution >= 4 is 23.1 Å². The molecule has 2 heterocycles. The molecular formula is C27H21NO5. The summed E-state index contributed by atoms with van der Waals surface area (Å²) < 4.78 is 5.81. The average molecular weight is 439 g/mol. The minimum absolute atomic E-state index is 0.0521. The second-order valence-corrected chi connectivity index (χ2v) is 8.75. The fraction of sp³-hybridized carbons (Fsp3) is 0.148. The average Bonchev–Trinajstić information content (AvgIpc) is 3.09. The number of fused-ring (bicyclic) bond motifs is 6. The zero-order chi connectivity index (χ0) is 22.7. The minimum Gasteiger partial charge on any atom is -0.507 e. The van der Waals surface area contributed by atoms with E-state index in [-0.39, 0.29) is 23.9 Å². The van der Waals surface area contributed by atoms with Crippen molar-refractivity contribution in [3.63, 3.8) is 0 Å². The normalized spacial score (nSPS) is 20.9. The topological polar surface area (TPSA) is 103 Å². The van der Waals surface area contributed by atoms with Gasteiger partial charge in [0, 0.05) is 34.9 Å². The van der Waals surface area contributed by atoms with Crippen LogP contribution in [0, 0.1) is 0 Å². The number of ether oxygens (including phenoxy) is 1. The Kier molecular flexibility index (Phi) is 4.16. The summed E-state index contributed by atoms with van der Waals surface area (Å²) in [6, 6.07) is 18.1. The Morgan fingerprint density at radius 1 is 0.879 bits per heavy atom. The summed E-state index contributed by atoms with van der Waals surface area (Å²) >= 11 is 0. The SMILES string of the molecule is Oc1cc2c(cc1O)[C@@H]1c3cc(/C=C/c4ccc5ccccc5n4)c(O)cc3OC[C@]1(O)C2. The van der Waals surface area contributed by atoms with E-state index in [0.29, 0.717) is 17.7 Å². The van der Waals surface area contributed by atoms with Gasteiger partial charge >= 0.3 is 0 Å². The molecule has 33 heavy (non-hydrogen) atoms. The molecule has 0 spiro atoms. The molecule has 4 aromatic rings. The van der Waals surface area contributed by atoms with Gasteiger partial charge < -0.3 is 25.2 Å². The molecule has 3 aromatic carbocycles. The summed E-state index contributed by atoms with van der Waals surface area (Å²) in [6.45, 7) is 0.0521. The molecular weight excluding hydrogens is 418 g/mol. The van der Waals surface area contributed by atoms with E-state index in [4.69, 9.17) is 4.74 Å². The van der Waals surface area contributed by atoms with E-state index in [9.17, 15) is 20.4 Å². The van der Waals surface area contributed by atoms with E-state index in [1.54, 1.807) is 18.2 Å². The largest absolute Gasteiger partial charge is 0.507 e. The highest BCUT2D eigenvalue weighted by molar-refractivity contribution is 5.81. The van der Waals surface area contributed by atoms with Gasteiger partial charge in [0.2, 0.25) is 0 Å². The smallest absolute Gasteiger partial charge is 0.157 e. The van der Waals surface area contributed by atoms with Crippen LogP contribution in [0.5, 0.6) is 23.0 Å². The van der Waals surface area contributed by atoms with Crippen LogP contribution >= 0.6 is 0 Å². The van der Waals surface area contributed by atoms with Gasteiger partial charge in [-0.1, -0.05) is 24.3 Å². The van der Waals surface area contributed by atoms with Crippen LogP contribution in [0.15, 0.2) is 60.7 Å². The first-order chi connectivity index (χ1) is 15.9. The van der Waals surface area contributed by atoms with Crippen molar-refractivity contribution < 1.29 is 25.2 Å². The van der Waals surface area contributed by atoms with Crippen LogP contribution in [0.4, 0.5) is 0 Å². The maximum absolute atomic E-state index is 11.4. The van der Waals surface area contributed by atoms with E-state index in [2.05, 4.69) is 4.98 Å². The first kappa shape index (κ1) is 19.6. The molecule has 1 aliphatic carbocycles. The highest BCUT2D eigenvalue weighted by atomic mass is 16.5. The van der Waals surface area contributed by atoms with Gasteiger partial charge in [-0.3, -0.25) is 0 Å². The summed E-state index contributed by atoms with van der Waals surface area (Å²) in [6.07, 6.45) is 3.91. The number of benzene rings is 3. The van der Waals surface area contributed by atoms with Crippen LogP contribution < -0.4 is 4.74 Å². The summed E-state index contributed by atoms with van der Waals surface area (Å²) in [5.41, 5.74) is 3.23. The van der Waals surface area contributed by atoms with Gasteiger partial charge in [0.25, 0.3) is 0 Å². The third-order valence-corrected chi connectivity index (χ3v) is 6.58. The van der Waals surface area contributed by atoms with Crippen LogP contribution in [0.3, 0.4) is 0 Å². The number of aliphatic hydroxyl groups is 1.